The molecule has 1 saturated heterocycles. The van der Waals surface area contributed by atoms with Crippen molar-refractivity contribution in [3.63, 3.8) is 0 Å². The van der Waals surface area contributed by atoms with E-state index in [9.17, 15) is 9.59 Å². The Morgan fingerprint density at radius 2 is 1.84 bits per heavy atom. The van der Waals surface area contributed by atoms with Crippen molar-refractivity contribution in [1.29, 1.82) is 0 Å². The summed E-state index contributed by atoms with van der Waals surface area (Å²) in [7, 11) is 0. The van der Waals surface area contributed by atoms with Gasteiger partial charge in [-0.15, -0.1) is 0 Å². The van der Waals surface area contributed by atoms with Crippen molar-refractivity contribution in [2.24, 2.45) is 0 Å². The lowest BCUT2D eigenvalue weighted by atomic mass is 10.0. The van der Waals surface area contributed by atoms with Gasteiger partial charge in [0.25, 0.3) is 0 Å². The lowest BCUT2D eigenvalue weighted by molar-refractivity contribution is 0.0202. The number of benzene rings is 1. The molecule has 0 saturated carbocycles. The minimum atomic E-state index is -0.876. The van der Waals surface area contributed by atoms with Crippen LogP contribution in [0.25, 0.3) is 28.0 Å². The second kappa shape index (κ2) is 11.2. The summed E-state index contributed by atoms with van der Waals surface area (Å²) in [5.41, 5.74) is -0.142. The van der Waals surface area contributed by atoms with Crippen molar-refractivity contribution >= 4 is 34.5 Å². The predicted octanol–water partition coefficient (Wildman–Crippen LogP) is 6.02. The molecule has 0 spiro atoms. The Balaban J connectivity index is 1.63. The largest absolute Gasteiger partial charge is 0.489 e. The Labute approximate surface area is 263 Å². The summed E-state index contributed by atoms with van der Waals surface area (Å²) in [5.74, 6) is -1.50. The molecule has 13 heteroatoms. The van der Waals surface area contributed by atoms with Gasteiger partial charge >= 0.3 is 11.8 Å². The van der Waals surface area contributed by atoms with Gasteiger partial charge in [0.1, 0.15) is 45.8 Å². The average molecular weight is 639 g/mol. The molecule has 1 fully saturated rings. The van der Waals surface area contributed by atoms with E-state index in [1.54, 1.807) is 37.9 Å². The molecule has 6 rings (SSSR count). The number of piperazine rings is 1. The third-order valence-electron chi connectivity index (χ3n) is 7.85. The quantitative estimate of drug-likeness (QED) is 0.268. The maximum atomic E-state index is 15.2. The smallest absolute Gasteiger partial charge is 0.410 e. The second-order valence-corrected chi connectivity index (χ2v) is 12.9. The number of aromatic nitrogens is 4. The molecule has 1 amide bonds. The maximum Gasteiger partial charge on any atom is 0.410 e. The van der Waals surface area contributed by atoms with Crippen LogP contribution in [0, 0.1) is 18.6 Å². The minimum absolute atomic E-state index is 0.0328. The topological polar surface area (TPSA) is 103 Å². The van der Waals surface area contributed by atoms with Crippen molar-refractivity contribution < 1.29 is 23.0 Å². The number of ether oxygens (including phenoxy) is 2. The Bertz CT molecular complexity index is 1890. The van der Waals surface area contributed by atoms with Crippen molar-refractivity contribution in [2.75, 3.05) is 31.1 Å². The fourth-order valence-corrected chi connectivity index (χ4v) is 6.13. The van der Waals surface area contributed by atoms with Crippen molar-refractivity contribution in [1.82, 2.24) is 24.4 Å². The van der Waals surface area contributed by atoms with E-state index in [2.05, 4.69) is 9.97 Å². The summed E-state index contributed by atoms with van der Waals surface area (Å²) < 4.78 is 43.7. The zero-order valence-electron chi connectivity index (χ0n) is 25.8. The van der Waals surface area contributed by atoms with E-state index in [1.807, 2.05) is 25.7 Å². The van der Waals surface area contributed by atoms with Crippen LogP contribution in [0.3, 0.4) is 0 Å². The van der Waals surface area contributed by atoms with Crippen LogP contribution in [0.5, 0.6) is 5.75 Å². The number of amides is 1. The molecule has 1 aromatic carbocycles. The number of halogens is 3. The van der Waals surface area contributed by atoms with Gasteiger partial charge in [-0.1, -0.05) is 31.5 Å². The standard InChI is InChI=1S/C32H33ClF2N6O4/c1-16(2)24-26(17(3)10-11-36-24)41-29-22-27(23(33)25(37-29)21-19(34)8-7-9-20(21)35)44-15-18-14-39(31(43)45-32(4,5)6)12-13-40(18)28(22)38-30(41)42/h7-11,16,18H,12-15H2,1-6H3/t18-/m1/s1. The number of aryl methyl sites for hydroxylation is 1. The van der Waals surface area contributed by atoms with Crippen molar-refractivity contribution in [3.05, 3.63) is 68.9 Å². The number of nitrogens with zero attached hydrogens (tertiary/aromatic N) is 6. The van der Waals surface area contributed by atoms with Gasteiger partial charge in [0.05, 0.1) is 23.0 Å². The molecule has 3 aromatic heterocycles. The Morgan fingerprint density at radius 1 is 1.13 bits per heavy atom. The van der Waals surface area contributed by atoms with Gasteiger partial charge in [0.2, 0.25) is 0 Å². The van der Waals surface area contributed by atoms with Gasteiger partial charge in [-0.25, -0.2) is 27.9 Å². The summed E-state index contributed by atoms with van der Waals surface area (Å²) in [5, 5.41) is 0.182. The van der Waals surface area contributed by atoms with Gasteiger partial charge in [0.15, 0.2) is 11.4 Å². The predicted molar refractivity (Wildman–Crippen MR) is 167 cm³/mol. The average Bonchev–Trinajstić information content (AvgIpc) is 3.12. The Hall–Kier alpha value is -4.32. The first-order valence-electron chi connectivity index (χ1n) is 14.7. The second-order valence-electron chi connectivity index (χ2n) is 12.6. The molecular formula is C32H33ClF2N6O4. The van der Waals surface area contributed by atoms with Crippen LogP contribution in [-0.4, -0.2) is 68.4 Å². The molecule has 0 bridgehead atoms. The van der Waals surface area contributed by atoms with Crippen LogP contribution in [-0.2, 0) is 4.74 Å². The first kappa shape index (κ1) is 30.7. The molecular weight excluding hydrogens is 606 g/mol. The molecule has 5 heterocycles. The highest BCUT2D eigenvalue weighted by Gasteiger charge is 2.39. The van der Waals surface area contributed by atoms with E-state index in [0.29, 0.717) is 29.9 Å². The lowest BCUT2D eigenvalue weighted by Gasteiger charge is -2.41. The highest BCUT2D eigenvalue weighted by molar-refractivity contribution is 6.36. The van der Waals surface area contributed by atoms with Crippen LogP contribution in [0.4, 0.5) is 19.4 Å². The first-order chi connectivity index (χ1) is 21.3. The summed E-state index contributed by atoms with van der Waals surface area (Å²) in [6, 6.07) is 4.79. The molecule has 2 aliphatic rings. The Morgan fingerprint density at radius 3 is 2.51 bits per heavy atom. The number of carbonyl (C=O) groups excluding carboxylic acids is 1. The summed E-state index contributed by atoms with van der Waals surface area (Å²) in [4.78, 5) is 44.3. The molecule has 45 heavy (non-hydrogen) atoms. The Kier molecular flexibility index (Phi) is 7.67. The number of hydrogen-bond acceptors (Lipinski definition) is 8. The number of hydrogen-bond donors (Lipinski definition) is 0. The van der Waals surface area contributed by atoms with E-state index in [-0.39, 0.29) is 47.0 Å². The third kappa shape index (κ3) is 5.34. The number of pyridine rings is 2. The van der Waals surface area contributed by atoms with E-state index in [0.717, 1.165) is 17.7 Å². The number of anilines is 1. The fraction of sp³-hybridized carbons (Fsp3) is 0.406. The van der Waals surface area contributed by atoms with Gasteiger partial charge in [-0.05, 0) is 57.4 Å². The molecule has 1 atom stereocenters. The summed E-state index contributed by atoms with van der Waals surface area (Å²) in [6.07, 6.45) is 1.19. The van der Waals surface area contributed by atoms with Crippen LogP contribution in [0.1, 0.15) is 51.8 Å². The zero-order chi connectivity index (χ0) is 32.4. The van der Waals surface area contributed by atoms with E-state index in [4.69, 9.17) is 26.1 Å². The molecule has 10 nitrogen and oxygen atoms in total. The lowest BCUT2D eigenvalue weighted by Crippen LogP contribution is -2.57. The third-order valence-corrected chi connectivity index (χ3v) is 8.21. The van der Waals surface area contributed by atoms with Crippen LogP contribution >= 0.6 is 11.6 Å². The first-order valence-corrected chi connectivity index (χ1v) is 15.1. The fourth-order valence-electron chi connectivity index (χ4n) is 5.85. The van der Waals surface area contributed by atoms with Crippen LogP contribution in [0.2, 0.25) is 5.02 Å². The normalized spacial score (nSPS) is 16.4. The zero-order valence-corrected chi connectivity index (χ0v) is 26.6. The van der Waals surface area contributed by atoms with E-state index in [1.165, 1.54) is 10.6 Å². The number of carbonyl (C=O) groups is 1. The summed E-state index contributed by atoms with van der Waals surface area (Å²) >= 11 is 6.89. The highest BCUT2D eigenvalue weighted by Crippen LogP contribution is 2.46. The number of rotatable bonds is 3. The molecule has 2 aliphatic heterocycles. The summed E-state index contributed by atoms with van der Waals surface area (Å²) in [6.45, 7) is 12.0. The monoisotopic (exact) mass is 638 g/mol. The maximum absolute atomic E-state index is 15.2. The van der Waals surface area contributed by atoms with Gasteiger partial charge < -0.3 is 19.3 Å². The van der Waals surface area contributed by atoms with Gasteiger partial charge in [-0.3, -0.25) is 4.98 Å². The molecule has 4 aromatic rings. The minimum Gasteiger partial charge on any atom is -0.489 e. The number of fused-ring (bicyclic) bond motifs is 2. The van der Waals surface area contributed by atoms with Gasteiger partial charge in [0, 0.05) is 25.8 Å². The van der Waals surface area contributed by atoms with E-state index < -0.39 is 40.6 Å². The van der Waals surface area contributed by atoms with Crippen molar-refractivity contribution in [3.8, 4) is 22.7 Å². The SMILES string of the molecule is Cc1ccnc(C(C)C)c1-n1c(=O)nc2c3c(c(Cl)c(-c4c(F)cccc4F)nc31)OC[C@H]1CN(C(=O)OC(C)(C)C)CCN21. The molecule has 0 N–H and O–H groups in total. The molecule has 0 radical (unpaired) electrons. The molecule has 236 valence electrons. The van der Waals surface area contributed by atoms with E-state index >= 15 is 8.78 Å². The van der Waals surface area contributed by atoms with Crippen molar-refractivity contribution in [2.45, 2.75) is 59.1 Å². The van der Waals surface area contributed by atoms with Gasteiger partial charge in [-0.2, -0.15) is 4.98 Å². The van der Waals surface area contributed by atoms with Crippen LogP contribution < -0.4 is 15.3 Å². The highest BCUT2D eigenvalue weighted by atomic mass is 35.5. The molecule has 0 unspecified atom stereocenters. The van der Waals surface area contributed by atoms with Crippen LogP contribution in [0.15, 0.2) is 35.3 Å². The molecule has 0 aliphatic carbocycles.